The van der Waals surface area contributed by atoms with E-state index < -0.39 is 62.1 Å². The number of methoxy groups -OCH3 is 2. The Morgan fingerprint density at radius 2 is 1.31 bits per heavy atom. The summed E-state index contributed by atoms with van der Waals surface area (Å²) in [6, 6.07) is 43.4. The summed E-state index contributed by atoms with van der Waals surface area (Å²) in [5.74, 6) is -0.122. The normalized spacial score (nSPS) is 17.9. The molecule has 3 heterocycles. The molecular weight excluding hydrogens is 964 g/mol. The number of nitriles is 1. The number of hydrogen-bond acceptors (Lipinski definition) is 14. The van der Waals surface area contributed by atoms with Crippen LogP contribution in [0, 0.1) is 11.3 Å². The number of fused-ring (bicyclic) bond motifs is 1. The number of ether oxygens (including phenoxy) is 5. The fourth-order valence-corrected chi connectivity index (χ4v) is 11.0. The van der Waals surface area contributed by atoms with Gasteiger partial charge in [-0.05, 0) is 99.0 Å². The molecule has 1 N–H and O–H groups in total. The maximum absolute atomic E-state index is 14.4. The zero-order chi connectivity index (χ0) is 52.4. The fourth-order valence-electron chi connectivity index (χ4n) is 9.23. The van der Waals surface area contributed by atoms with Gasteiger partial charge in [0.15, 0.2) is 6.23 Å². The van der Waals surface area contributed by atoms with Crippen LogP contribution in [0.1, 0.15) is 88.1 Å². The molecule has 2 aliphatic heterocycles. The van der Waals surface area contributed by atoms with Crippen LogP contribution in [0.25, 0.3) is 0 Å². The Morgan fingerprint density at radius 1 is 0.757 bits per heavy atom. The maximum Gasteiger partial charge on any atom is 0.351 e. The molecule has 5 aromatic carbocycles. The van der Waals surface area contributed by atoms with Gasteiger partial charge in [0.2, 0.25) is 0 Å². The standard InChI is InChI=1S/C56H59N6O11P/c1-37(2)62(38(3)4)74(71-34-15-31-57)73-49-47(36-70-56(40-18-11-8-12-19-40,41-22-26-43(67-5)27-23-41)42-24-28-44(68-6)29-25-42)72-54(50(49)69-35-33-60-52(64)45-20-13-14-21-46(45)53(60)65)61-32-30-48(59-55(61)66)58-51(63)39-16-9-7-10-17-39/h7-14,16-30,32,37-38,47,49-50,54H,15,33-36H2,1-6H3,(H,58,59,63,66)/t47-,49-,50-,54-,74?/m1/s1. The van der Waals surface area contributed by atoms with E-state index in [1.807, 2.05) is 107 Å². The number of rotatable bonds is 23. The average Bonchev–Trinajstić information content (AvgIpc) is 3.87. The number of hydrogen-bond donors (Lipinski definition) is 1. The van der Waals surface area contributed by atoms with Crippen molar-refractivity contribution in [1.29, 1.82) is 5.26 Å². The number of aromatic nitrogens is 2. The SMILES string of the molecule is COc1ccc(C(OC[C@H]2O[C@@H](n3ccc(NC(=O)c4ccccc4)nc3=O)[C@H](OCCN3C(=O)c4ccccc4C3=O)[C@@H]2OP(OCCC#N)N(C(C)C)C(C)C)(c2ccccc2)c2ccc(OC)cc2)cc1. The molecule has 0 aliphatic carbocycles. The molecule has 0 saturated carbocycles. The van der Waals surface area contributed by atoms with Gasteiger partial charge < -0.3 is 38.0 Å². The summed E-state index contributed by atoms with van der Waals surface area (Å²) in [5, 5.41) is 12.3. The maximum atomic E-state index is 14.4. The molecule has 6 aromatic rings. The largest absolute Gasteiger partial charge is 0.497 e. The van der Waals surface area contributed by atoms with Crippen LogP contribution in [0.4, 0.5) is 5.82 Å². The Kier molecular flexibility index (Phi) is 17.4. The predicted octanol–water partition coefficient (Wildman–Crippen LogP) is 8.76. The van der Waals surface area contributed by atoms with Crippen molar-refractivity contribution in [2.24, 2.45) is 0 Å². The molecule has 0 spiro atoms. The molecule has 0 bridgehead atoms. The molecule has 17 nitrogen and oxygen atoms in total. The van der Waals surface area contributed by atoms with E-state index in [1.165, 1.54) is 16.8 Å². The van der Waals surface area contributed by atoms with E-state index in [2.05, 4.69) is 21.0 Å². The number of carbonyl (C=O) groups is 3. The number of anilines is 1. The summed E-state index contributed by atoms with van der Waals surface area (Å²) < 4.78 is 49.4. The minimum absolute atomic E-state index is 0.000531. The highest BCUT2D eigenvalue weighted by molar-refractivity contribution is 7.44. The lowest BCUT2D eigenvalue weighted by atomic mass is 9.80. The van der Waals surface area contributed by atoms with Crippen molar-refractivity contribution >= 4 is 32.1 Å². The molecule has 8 rings (SSSR count). The van der Waals surface area contributed by atoms with Crippen LogP contribution in [-0.4, -0.2) is 108 Å². The van der Waals surface area contributed by atoms with Gasteiger partial charge in [0.1, 0.15) is 41.2 Å². The third kappa shape index (κ3) is 11.5. The van der Waals surface area contributed by atoms with Crippen molar-refractivity contribution in [2.75, 3.05) is 45.9 Å². The Balaban J connectivity index is 1.24. The van der Waals surface area contributed by atoms with E-state index in [9.17, 15) is 24.4 Å². The third-order valence-electron chi connectivity index (χ3n) is 12.7. The zero-order valence-corrected chi connectivity index (χ0v) is 42.9. The van der Waals surface area contributed by atoms with Crippen LogP contribution in [0.3, 0.4) is 0 Å². The summed E-state index contributed by atoms with van der Waals surface area (Å²) in [4.78, 5) is 60.1. The first-order valence-electron chi connectivity index (χ1n) is 24.3. The van der Waals surface area contributed by atoms with Gasteiger partial charge in [-0.2, -0.15) is 10.2 Å². The first-order valence-corrected chi connectivity index (χ1v) is 25.4. The molecule has 1 unspecified atom stereocenters. The second kappa shape index (κ2) is 24.3. The first kappa shape index (κ1) is 53.2. The van der Waals surface area contributed by atoms with Crippen molar-refractivity contribution in [3.63, 3.8) is 0 Å². The molecule has 1 aromatic heterocycles. The summed E-state index contributed by atoms with van der Waals surface area (Å²) in [7, 11) is 1.20. The molecule has 0 radical (unpaired) electrons. The molecule has 2 aliphatic rings. The monoisotopic (exact) mass is 1020 g/mol. The molecule has 1 saturated heterocycles. The number of amides is 3. The summed E-state index contributed by atoms with van der Waals surface area (Å²) in [5.41, 5.74) is 1.10. The van der Waals surface area contributed by atoms with E-state index >= 15 is 0 Å². The Labute approximate surface area is 431 Å². The van der Waals surface area contributed by atoms with Crippen LogP contribution in [0.15, 0.2) is 151 Å². The van der Waals surface area contributed by atoms with Gasteiger partial charge in [-0.1, -0.05) is 84.9 Å². The summed E-state index contributed by atoms with van der Waals surface area (Å²) in [6.07, 6.45) is -3.04. The lowest BCUT2D eigenvalue weighted by molar-refractivity contribution is -0.0977. The third-order valence-corrected chi connectivity index (χ3v) is 14.8. The van der Waals surface area contributed by atoms with E-state index in [0.29, 0.717) is 17.1 Å². The van der Waals surface area contributed by atoms with Gasteiger partial charge in [0, 0.05) is 23.8 Å². The number of benzene rings is 5. The number of nitrogens with zero attached hydrogens (tertiary/aromatic N) is 5. The number of nitrogens with one attached hydrogen (secondary N) is 1. The molecule has 5 atom stereocenters. The zero-order valence-electron chi connectivity index (χ0n) is 42.0. The highest BCUT2D eigenvalue weighted by Gasteiger charge is 2.52. The Bertz CT molecular complexity index is 2880. The molecule has 74 heavy (non-hydrogen) atoms. The van der Waals surface area contributed by atoms with Crippen molar-refractivity contribution in [3.8, 4) is 17.6 Å². The topological polar surface area (TPSA) is 193 Å². The van der Waals surface area contributed by atoms with Gasteiger partial charge in [-0.25, -0.2) is 9.46 Å². The number of imide groups is 1. The number of carbonyl (C=O) groups excluding carboxylic acids is 3. The second-order valence-corrected chi connectivity index (χ2v) is 19.4. The minimum atomic E-state index is -1.99. The van der Waals surface area contributed by atoms with Crippen molar-refractivity contribution in [2.45, 2.75) is 76.3 Å². The van der Waals surface area contributed by atoms with Crippen LogP contribution in [0.2, 0.25) is 0 Å². The van der Waals surface area contributed by atoms with Crippen LogP contribution >= 0.6 is 8.53 Å². The highest BCUT2D eigenvalue weighted by atomic mass is 31.2. The highest BCUT2D eigenvalue weighted by Crippen LogP contribution is 2.51. The van der Waals surface area contributed by atoms with Crippen molar-refractivity contribution in [1.82, 2.24) is 19.1 Å². The molecule has 18 heteroatoms. The predicted molar refractivity (Wildman–Crippen MR) is 277 cm³/mol. The second-order valence-electron chi connectivity index (χ2n) is 18.0. The van der Waals surface area contributed by atoms with Crippen LogP contribution in [-0.2, 0) is 28.9 Å². The van der Waals surface area contributed by atoms with Gasteiger partial charge in [0.25, 0.3) is 26.2 Å². The van der Waals surface area contributed by atoms with Crippen LogP contribution in [0.5, 0.6) is 11.5 Å². The van der Waals surface area contributed by atoms with E-state index in [-0.39, 0.29) is 61.8 Å². The van der Waals surface area contributed by atoms with Gasteiger partial charge in [-0.3, -0.25) is 23.9 Å². The van der Waals surface area contributed by atoms with Crippen LogP contribution < -0.4 is 20.5 Å². The van der Waals surface area contributed by atoms with Gasteiger partial charge >= 0.3 is 5.69 Å². The van der Waals surface area contributed by atoms with E-state index in [4.69, 9.17) is 32.7 Å². The molecule has 384 valence electrons. The average molecular weight is 1020 g/mol. The quantitative estimate of drug-likeness (QED) is 0.0277. The molecular formula is C56H59N6O11P. The fraction of sp³-hybridized carbons (Fsp3) is 0.321. The minimum Gasteiger partial charge on any atom is -0.497 e. The lowest BCUT2D eigenvalue weighted by Gasteiger charge is -2.39. The van der Waals surface area contributed by atoms with E-state index in [1.54, 1.807) is 68.8 Å². The smallest absolute Gasteiger partial charge is 0.351 e. The summed E-state index contributed by atoms with van der Waals surface area (Å²) >= 11 is 0. The molecule has 1 fully saturated rings. The Hall–Kier alpha value is -7.13. The lowest BCUT2D eigenvalue weighted by Crippen LogP contribution is -2.44. The van der Waals surface area contributed by atoms with E-state index in [0.717, 1.165) is 21.6 Å². The van der Waals surface area contributed by atoms with Gasteiger partial charge in [0.05, 0.1) is 64.2 Å². The van der Waals surface area contributed by atoms with Gasteiger partial charge in [-0.15, -0.1) is 0 Å². The van der Waals surface area contributed by atoms with Crippen molar-refractivity contribution < 1.29 is 47.1 Å². The Morgan fingerprint density at radius 3 is 1.85 bits per heavy atom. The summed E-state index contributed by atoms with van der Waals surface area (Å²) in [6.45, 7) is 7.56. The first-order chi connectivity index (χ1) is 35.9. The molecule has 3 amide bonds. The van der Waals surface area contributed by atoms with Crippen molar-refractivity contribution in [3.05, 3.63) is 190 Å².